The maximum Gasteiger partial charge on any atom is 0.0449 e. The van der Waals surface area contributed by atoms with Gasteiger partial charge < -0.3 is 0 Å². The van der Waals surface area contributed by atoms with Crippen LogP contribution in [0.15, 0.2) is 30.3 Å². The first kappa shape index (κ1) is 8.87. The van der Waals surface area contributed by atoms with Gasteiger partial charge in [-0.15, -0.1) is 6.42 Å². The molecule has 62 valence electrons. The molecule has 0 saturated carbocycles. The van der Waals surface area contributed by atoms with Gasteiger partial charge in [-0.05, 0) is 12.0 Å². The Kier molecular flexibility index (Phi) is 3.41. The van der Waals surface area contributed by atoms with E-state index < -0.39 is 0 Å². The molecule has 0 amide bonds. The lowest BCUT2D eigenvalue weighted by Gasteiger charge is -2.08. The molecule has 1 aromatic carbocycles. The van der Waals surface area contributed by atoms with Crippen molar-refractivity contribution in [2.24, 2.45) is 0 Å². The third kappa shape index (κ3) is 2.13. The zero-order chi connectivity index (χ0) is 8.81. The monoisotopic (exact) mass is 158 g/mol. The van der Waals surface area contributed by atoms with E-state index in [2.05, 4.69) is 25.0 Å². The van der Waals surface area contributed by atoms with Gasteiger partial charge in [0.2, 0.25) is 0 Å². The van der Waals surface area contributed by atoms with Gasteiger partial charge in [-0.3, -0.25) is 0 Å². The normalized spacial score (nSPS) is 12.0. The molecule has 0 heteroatoms. The summed E-state index contributed by atoms with van der Waals surface area (Å²) >= 11 is 0. The van der Waals surface area contributed by atoms with Gasteiger partial charge in [-0.1, -0.05) is 49.6 Å². The predicted molar refractivity (Wildman–Crippen MR) is 52.9 cm³/mol. The topological polar surface area (TPSA) is 0 Å². The minimum Gasteiger partial charge on any atom is -0.119 e. The highest BCUT2D eigenvalue weighted by molar-refractivity contribution is 5.25. The highest BCUT2D eigenvalue weighted by Gasteiger charge is 2.04. The van der Waals surface area contributed by atoms with Crippen molar-refractivity contribution < 1.29 is 0 Å². The van der Waals surface area contributed by atoms with Crippen molar-refractivity contribution in [3.05, 3.63) is 35.9 Å². The Morgan fingerprint density at radius 2 is 2.00 bits per heavy atom. The second-order valence-corrected chi connectivity index (χ2v) is 2.92. The molecule has 0 aliphatic rings. The van der Waals surface area contributed by atoms with Crippen LogP contribution >= 0.6 is 0 Å². The summed E-state index contributed by atoms with van der Waals surface area (Å²) < 4.78 is 0. The number of benzene rings is 1. The van der Waals surface area contributed by atoms with Crippen LogP contribution in [0, 0.1) is 12.3 Å². The van der Waals surface area contributed by atoms with Crippen LogP contribution in [-0.2, 0) is 0 Å². The van der Waals surface area contributed by atoms with E-state index in [1.165, 1.54) is 5.56 Å². The highest BCUT2D eigenvalue weighted by Crippen LogP contribution is 2.19. The smallest absolute Gasteiger partial charge is 0.0449 e. The van der Waals surface area contributed by atoms with Crippen molar-refractivity contribution in [2.45, 2.75) is 25.7 Å². The van der Waals surface area contributed by atoms with Crippen LogP contribution in [-0.4, -0.2) is 0 Å². The van der Waals surface area contributed by atoms with Crippen molar-refractivity contribution >= 4 is 0 Å². The van der Waals surface area contributed by atoms with Crippen molar-refractivity contribution in [3.63, 3.8) is 0 Å². The van der Waals surface area contributed by atoms with Gasteiger partial charge in [0.25, 0.3) is 0 Å². The fourth-order valence-electron chi connectivity index (χ4n) is 1.32. The predicted octanol–water partition coefficient (Wildman–Crippen LogP) is 3.20. The van der Waals surface area contributed by atoms with Gasteiger partial charge in [0.15, 0.2) is 0 Å². The van der Waals surface area contributed by atoms with E-state index in [-0.39, 0.29) is 0 Å². The van der Waals surface area contributed by atoms with Crippen molar-refractivity contribution in [2.75, 3.05) is 0 Å². The van der Waals surface area contributed by atoms with Crippen molar-refractivity contribution in [1.82, 2.24) is 0 Å². The minimum absolute atomic E-state index is 0.302. The summed E-state index contributed by atoms with van der Waals surface area (Å²) in [7, 11) is 0. The Balaban J connectivity index is 2.75. The molecule has 0 heterocycles. The summed E-state index contributed by atoms with van der Waals surface area (Å²) in [5.41, 5.74) is 1.27. The van der Waals surface area contributed by atoms with Gasteiger partial charge in [-0.25, -0.2) is 0 Å². The first-order chi connectivity index (χ1) is 5.88. The van der Waals surface area contributed by atoms with Crippen LogP contribution < -0.4 is 0 Å². The molecule has 1 unspecified atom stereocenters. The van der Waals surface area contributed by atoms with Crippen LogP contribution in [0.1, 0.15) is 31.2 Å². The number of rotatable bonds is 3. The van der Waals surface area contributed by atoms with Gasteiger partial charge in [0.05, 0.1) is 0 Å². The largest absolute Gasteiger partial charge is 0.119 e. The lowest BCUT2D eigenvalue weighted by Crippen LogP contribution is -1.93. The first-order valence-electron chi connectivity index (χ1n) is 4.39. The first-order valence-corrected chi connectivity index (χ1v) is 4.39. The molecule has 1 aromatic rings. The number of hydrogen-bond acceptors (Lipinski definition) is 0. The Labute approximate surface area is 74.6 Å². The standard InChI is InChI=1S/C12H14/c1-3-8-11(4-2)12-9-6-5-7-10-12/h2,5-7,9-11H,3,8H2,1H3. The third-order valence-corrected chi connectivity index (χ3v) is 1.98. The number of hydrogen-bond donors (Lipinski definition) is 0. The van der Waals surface area contributed by atoms with E-state index in [0.717, 1.165) is 12.8 Å². The van der Waals surface area contributed by atoms with E-state index >= 15 is 0 Å². The van der Waals surface area contributed by atoms with Crippen LogP contribution in [0.25, 0.3) is 0 Å². The molecule has 0 N–H and O–H groups in total. The third-order valence-electron chi connectivity index (χ3n) is 1.98. The average Bonchev–Trinajstić information content (AvgIpc) is 2.15. The molecule has 1 atom stereocenters. The summed E-state index contributed by atoms with van der Waals surface area (Å²) in [6.07, 6.45) is 7.67. The molecule has 0 nitrogen and oxygen atoms in total. The van der Waals surface area contributed by atoms with Crippen LogP contribution in [0.5, 0.6) is 0 Å². The molecule has 0 spiro atoms. The zero-order valence-electron chi connectivity index (χ0n) is 7.46. The second kappa shape index (κ2) is 4.62. The van der Waals surface area contributed by atoms with E-state index in [0.29, 0.717) is 5.92 Å². The molecule has 0 bridgehead atoms. The second-order valence-electron chi connectivity index (χ2n) is 2.92. The van der Waals surface area contributed by atoms with Crippen molar-refractivity contribution in [1.29, 1.82) is 0 Å². The van der Waals surface area contributed by atoms with E-state index in [9.17, 15) is 0 Å². The Morgan fingerprint density at radius 1 is 1.33 bits per heavy atom. The lowest BCUT2D eigenvalue weighted by molar-refractivity contribution is 0.735. The molecule has 0 aliphatic heterocycles. The van der Waals surface area contributed by atoms with Gasteiger partial charge >= 0.3 is 0 Å². The fraction of sp³-hybridized carbons (Fsp3) is 0.333. The quantitative estimate of drug-likeness (QED) is 0.592. The average molecular weight is 158 g/mol. The summed E-state index contributed by atoms with van der Waals surface area (Å²) in [5, 5.41) is 0. The zero-order valence-corrected chi connectivity index (χ0v) is 7.46. The summed E-state index contributed by atoms with van der Waals surface area (Å²) in [6.45, 7) is 2.16. The maximum atomic E-state index is 5.44. The van der Waals surface area contributed by atoms with E-state index in [4.69, 9.17) is 6.42 Å². The Morgan fingerprint density at radius 3 is 2.50 bits per heavy atom. The van der Waals surface area contributed by atoms with Gasteiger partial charge in [-0.2, -0.15) is 0 Å². The molecule has 0 radical (unpaired) electrons. The van der Waals surface area contributed by atoms with E-state index in [1.54, 1.807) is 0 Å². The highest BCUT2D eigenvalue weighted by atomic mass is 14.1. The Bertz CT molecular complexity index is 253. The minimum atomic E-state index is 0.302. The van der Waals surface area contributed by atoms with Gasteiger partial charge in [0.1, 0.15) is 0 Å². The maximum absolute atomic E-state index is 5.44. The molecule has 12 heavy (non-hydrogen) atoms. The van der Waals surface area contributed by atoms with Crippen LogP contribution in [0.2, 0.25) is 0 Å². The molecule has 0 aromatic heterocycles. The fourth-order valence-corrected chi connectivity index (χ4v) is 1.32. The van der Waals surface area contributed by atoms with Crippen LogP contribution in [0.3, 0.4) is 0 Å². The molecule has 0 fully saturated rings. The molecule has 0 saturated heterocycles. The molecular formula is C12H14. The molecular weight excluding hydrogens is 144 g/mol. The lowest BCUT2D eigenvalue weighted by atomic mass is 9.96. The Hall–Kier alpha value is -1.22. The SMILES string of the molecule is C#CC(CCC)c1ccccc1. The number of terminal acetylenes is 1. The van der Waals surface area contributed by atoms with Gasteiger partial charge in [0, 0.05) is 5.92 Å². The van der Waals surface area contributed by atoms with Crippen molar-refractivity contribution in [3.8, 4) is 12.3 Å². The molecule has 1 rings (SSSR count). The summed E-state index contributed by atoms with van der Waals surface area (Å²) in [6, 6.07) is 10.3. The summed E-state index contributed by atoms with van der Waals surface area (Å²) in [4.78, 5) is 0. The van der Waals surface area contributed by atoms with E-state index in [1.807, 2.05) is 18.2 Å². The summed E-state index contributed by atoms with van der Waals surface area (Å²) in [5.74, 6) is 3.12. The molecule has 0 aliphatic carbocycles. The van der Waals surface area contributed by atoms with Crippen LogP contribution in [0.4, 0.5) is 0 Å².